The van der Waals surface area contributed by atoms with Gasteiger partial charge >= 0.3 is 0 Å². The summed E-state index contributed by atoms with van der Waals surface area (Å²) in [6, 6.07) is 3.01. The largest absolute Gasteiger partial charge is 0.493 e. The average molecular weight is 375 g/mol. The highest BCUT2D eigenvalue weighted by Crippen LogP contribution is 2.40. The van der Waals surface area contributed by atoms with Crippen molar-refractivity contribution in [3.8, 4) is 17.2 Å². The predicted octanol–water partition coefficient (Wildman–Crippen LogP) is 1.69. The van der Waals surface area contributed by atoms with Crippen molar-refractivity contribution in [3.63, 3.8) is 0 Å². The van der Waals surface area contributed by atoms with Crippen molar-refractivity contribution in [3.05, 3.63) is 35.7 Å². The van der Waals surface area contributed by atoms with E-state index >= 15 is 0 Å². The number of hydrogen-bond donors (Lipinski definition) is 2. The highest BCUT2D eigenvalue weighted by molar-refractivity contribution is 5.96. The molecule has 8 heteroatoms. The van der Waals surface area contributed by atoms with Crippen LogP contribution in [0.15, 0.2) is 24.5 Å². The van der Waals surface area contributed by atoms with Crippen LogP contribution in [0.3, 0.4) is 0 Å². The number of aryl methyl sites for hydroxylation is 1. The third kappa shape index (κ3) is 3.85. The number of rotatable bonds is 7. The van der Waals surface area contributed by atoms with Gasteiger partial charge < -0.3 is 24.6 Å². The van der Waals surface area contributed by atoms with Crippen molar-refractivity contribution in [2.24, 2.45) is 13.0 Å². The van der Waals surface area contributed by atoms with Crippen LogP contribution in [0.2, 0.25) is 0 Å². The summed E-state index contributed by atoms with van der Waals surface area (Å²) < 4.78 is 17.6. The average Bonchev–Trinajstić information content (AvgIpc) is 3.08. The van der Waals surface area contributed by atoms with Crippen LogP contribution in [-0.4, -0.2) is 48.2 Å². The maximum Gasteiger partial charge on any atom is 0.252 e. The van der Waals surface area contributed by atoms with Crippen LogP contribution >= 0.6 is 0 Å². The molecule has 0 aliphatic heterocycles. The smallest absolute Gasteiger partial charge is 0.252 e. The fourth-order valence-electron chi connectivity index (χ4n) is 3.41. The molecular formula is C19H25N3O5. The second-order valence-electron chi connectivity index (χ2n) is 6.70. The zero-order valence-electron chi connectivity index (χ0n) is 15.9. The third-order valence-electron chi connectivity index (χ3n) is 4.92. The first-order chi connectivity index (χ1) is 13.0. The number of nitrogens with zero attached hydrogens (tertiary/aromatic N) is 2. The summed E-state index contributed by atoms with van der Waals surface area (Å²) in [5, 5.41) is 17.0. The van der Waals surface area contributed by atoms with E-state index in [9.17, 15) is 9.90 Å². The number of aromatic nitrogens is 2. The van der Waals surface area contributed by atoms with Gasteiger partial charge in [-0.15, -0.1) is 0 Å². The van der Waals surface area contributed by atoms with Crippen LogP contribution in [0, 0.1) is 5.92 Å². The number of amides is 1. The molecule has 0 radical (unpaired) electrons. The number of aliphatic hydroxyl groups excluding tert-OH is 1. The van der Waals surface area contributed by atoms with E-state index in [1.807, 2.05) is 13.2 Å². The molecule has 1 atom stereocenters. The number of carbonyl (C=O) groups is 1. The fraction of sp³-hybridized carbons (Fsp3) is 0.474. The molecule has 0 saturated heterocycles. The minimum absolute atomic E-state index is 0.162. The zero-order valence-corrected chi connectivity index (χ0v) is 15.9. The van der Waals surface area contributed by atoms with Crippen LogP contribution in [-0.2, 0) is 7.05 Å². The summed E-state index contributed by atoms with van der Waals surface area (Å²) in [6.07, 6.45) is 4.60. The van der Waals surface area contributed by atoms with E-state index in [1.165, 1.54) is 21.3 Å². The van der Waals surface area contributed by atoms with Gasteiger partial charge in [0, 0.05) is 24.4 Å². The summed E-state index contributed by atoms with van der Waals surface area (Å²) in [4.78, 5) is 12.9. The van der Waals surface area contributed by atoms with Crippen molar-refractivity contribution in [2.75, 3.05) is 21.3 Å². The topological polar surface area (TPSA) is 94.8 Å². The van der Waals surface area contributed by atoms with Gasteiger partial charge in [-0.1, -0.05) is 0 Å². The van der Waals surface area contributed by atoms with Gasteiger partial charge in [0.25, 0.3) is 5.91 Å². The molecule has 2 N–H and O–H groups in total. The lowest BCUT2D eigenvalue weighted by atomic mass is 9.75. The summed E-state index contributed by atoms with van der Waals surface area (Å²) >= 11 is 0. The Hall–Kier alpha value is -2.74. The van der Waals surface area contributed by atoms with Crippen molar-refractivity contribution in [1.82, 2.24) is 15.1 Å². The molecule has 3 rings (SSSR count). The molecule has 0 bridgehead atoms. The SMILES string of the molecule is COc1cc(C(=O)N[C@@H](c2cnn(C)c2)C2CC(O)C2)cc(OC)c1OC. The Morgan fingerprint density at radius 2 is 1.85 bits per heavy atom. The summed E-state index contributed by atoms with van der Waals surface area (Å²) in [6.45, 7) is 0. The highest BCUT2D eigenvalue weighted by atomic mass is 16.5. The van der Waals surface area contributed by atoms with Crippen LogP contribution in [0.4, 0.5) is 0 Å². The maximum absolute atomic E-state index is 12.9. The Morgan fingerprint density at radius 3 is 2.30 bits per heavy atom. The van der Waals surface area contributed by atoms with E-state index in [-0.39, 0.29) is 24.0 Å². The Kier molecular flexibility index (Phi) is 5.55. The van der Waals surface area contributed by atoms with Gasteiger partial charge in [0.15, 0.2) is 11.5 Å². The zero-order chi connectivity index (χ0) is 19.6. The minimum Gasteiger partial charge on any atom is -0.493 e. The van der Waals surface area contributed by atoms with Gasteiger partial charge in [-0.2, -0.15) is 5.10 Å². The number of aliphatic hydroxyl groups is 1. The lowest BCUT2D eigenvalue weighted by Crippen LogP contribution is -2.41. The lowest BCUT2D eigenvalue weighted by molar-refractivity contribution is 0.0235. The van der Waals surface area contributed by atoms with Crippen LogP contribution in [0.5, 0.6) is 17.2 Å². The second kappa shape index (κ2) is 7.87. The van der Waals surface area contributed by atoms with Crippen molar-refractivity contribution >= 4 is 5.91 Å². The monoisotopic (exact) mass is 375 g/mol. The van der Waals surface area contributed by atoms with Crippen LogP contribution in [0.25, 0.3) is 0 Å². The first-order valence-electron chi connectivity index (χ1n) is 8.74. The molecule has 0 spiro atoms. The number of hydrogen-bond acceptors (Lipinski definition) is 6. The van der Waals surface area contributed by atoms with E-state index in [0.717, 1.165) is 5.56 Å². The molecule has 1 heterocycles. The quantitative estimate of drug-likeness (QED) is 0.765. The van der Waals surface area contributed by atoms with Gasteiger partial charge in [0.2, 0.25) is 5.75 Å². The molecule has 1 fully saturated rings. The van der Waals surface area contributed by atoms with E-state index in [1.54, 1.807) is 23.0 Å². The molecule has 0 unspecified atom stereocenters. The van der Waals surface area contributed by atoms with Crippen molar-refractivity contribution < 1.29 is 24.1 Å². The van der Waals surface area contributed by atoms with E-state index in [0.29, 0.717) is 35.7 Å². The molecule has 1 aromatic heterocycles. The number of benzene rings is 1. The molecule has 1 aliphatic carbocycles. The Balaban J connectivity index is 1.87. The predicted molar refractivity (Wildman–Crippen MR) is 98.2 cm³/mol. The van der Waals surface area contributed by atoms with E-state index in [2.05, 4.69) is 10.4 Å². The fourth-order valence-corrected chi connectivity index (χ4v) is 3.41. The molecule has 1 aromatic carbocycles. The Labute approximate surface area is 158 Å². The number of methoxy groups -OCH3 is 3. The van der Waals surface area contributed by atoms with Gasteiger partial charge in [-0.05, 0) is 30.9 Å². The second-order valence-corrected chi connectivity index (χ2v) is 6.70. The number of ether oxygens (including phenoxy) is 3. The summed E-state index contributed by atoms with van der Waals surface area (Å²) in [5.74, 6) is 1.17. The number of carbonyl (C=O) groups excluding carboxylic acids is 1. The first-order valence-corrected chi connectivity index (χ1v) is 8.74. The van der Waals surface area contributed by atoms with Gasteiger partial charge in [0.1, 0.15) is 0 Å². The molecule has 146 valence electrons. The highest BCUT2D eigenvalue weighted by Gasteiger charge is 2.36. The normalized spacial score (nSPS) is 19.7. The third-order valence-corrected chi connectivity index (χ3v) is 4.92. The first kappa shape index (κ1) is 19.0. The molecule has 2 aromatic rings. The van der Waals surface area contributed by atoms with Crippen molar-refractivity contribution in [2.45, 2.75) is 25.0 Å². The van der Waals surface area contributed by atoms with Crippen LogP contribution < -0.4 is 19.5 Å². The van der Waals surface area contributed by atoms with E-state index in [4.69, 9.17) is 14.2 Å². The molecule has 8 nitrogen and oxygen atoms in total. The Morgan fingerprint density at radius 1 is 1.22 bits per heavy atom. The standard InChI is InChI=1S/C19H25N3O5/c1-22-10-13(9-20-22)17(11-5-14(23)6-11)21-19(24)12-7-15(25-2)18(27-4)16(8-12)26-3/h7-11,14,17,23H,5-6H2,1-4H3,(H,21,24)/t11?,14?,17-/m1/s1. The molecule has 1 aliphatic rings. The van der Waals surface area contributed by atoms with Crippen molar-refractivity contribution in [1.29, 1.82) is 0 Å². The van der Waals surface area contributed by atoms with Gasteiger partial charge in [-0.25, -0.2) is 0 Å². The maximum atomic E-state index is 12.9. The summed E-state index contributed by atoms with van der Waals surface area (Å²) in [5.41, 5.74) is 1.31. The van der Waals surface area contributed by atoms with Gasteiger partial charge in [0.05, 0.1) is 39.7 Å². The number of nitrogens with one attached hydrogen (secondary N) is 1. The Bertz CT molecular complexity index is 788. The van der Waals surface area contributed by atoms with E-state index < -0.39 is 0 Å². The molecule has 1 saturated carbocycles. The lowest BCUT2D eigenvalue weighted by Gasteiger charge is -2.37. The minimum atomic E-state index is -0.313. The molecular weight excluding hydrogens is 350 g/mol. The van der Waals surface area contributed by atoms with Gasteiger partial charge in [-0.3, -0.25) is 9.48 Å². The van der Waals surface area contributed by atoms with Crippen LogP contribution in [0.1, 0.15) is 34.8 Å². The molecule has 27 heavy (non-hydrogen) atoms. The summed E-state index contributed by atoms with van der Waals surface area (Å²) in [7, 11) is 6.36. The molecule has 1 amide bonds.